The average Bonchev–Trinajstić information content (AvgIpc) is 2.64. The first-order valence-electron chi connectivity index (χ1n) is 5.66. The van der Waals surface area contributed by atoms with Crippen LogP contribution in [-0.4, -0.2) is 64.2 Å². The van der Waals surface area contributed by atoms with Gasteiger partial charge in [0.2, 0.25) is 0 Å². The molecule has 0 aromatic rings. The zero-order valence-corrected chi connectivity index (χ0v) is 11.1. The molecule has 6 nitrogen and oxygen atoms in total. The van der Waals surface area contributed by atoms with Crippen LogP contribution in [0.15, 0.2) is 0 Å². The Hall–Kier alpha value is -0.820. The van der Waals surface area contributed by atoms with Crippen LogP contribution in [0.25, 0.3) is 0 Å². The molecule has 7 heteroatoms. The number of amides is 2. The number of carbonyl (C=O) groups excluding carboxylic acids is 1. The van der Waals surface area contributed by atoms with E-state index < -0.39 is 9.84 Å². The van der Waals surface area contributed by atoms with E-state index in [1.54, 1.807) is 14.2 Å². The summed E-state index contributed by atoms with van der Waals surface area (Å²) < 4.78 is 27.5. The van der Waals surface area contributed by atoms with Gasteiger partial charge in [0.1, 0.15) is 0 Å². The second-order valence-corrected chi connectivity index (χ2v) is 6.47. The average molecular weight is 264 g/mol. The third kappa shape index (κ3) is 4.51. The maximum absolute atomic E-state index is 11.7. The largest absolute Gasteiger partial charge is 0.385 e. The highest BCUT2D eigenvalue weighted by atomic mass is 32.2. The summed E-state index contributed by atoms with van der Waals surface area (Å²) in [5, 5.41) is 2.73. The van der Waals surface area contributed by atoms with Crippen molar-refractivity contribution in [3.8, 4) is 0 Å². The Kier molecular flexibility index (Phi) is 5.20. The fourth-order valence-electron chi connectivity index (χ4n) is 1.78. The minimum atomic E-state index is -2.94. The van der Waals surface area contributed by atoms with E-state index in [4.69, 9.17) is 4.74 Å². The molecule has 1 N–H and O–H groups in total. The molecule has 17 heavy (non-hydrogen) atoms. The summed E-state index contributed by atoms with van der Waals surface area (Å²) in [6, 6.07) is -0.411. The van der Waals surface area contributed by atoms with E-state index in [2.05, 4.69) is 5.32 Å². The SMILES string of the molecule is COCCCNC(=O)N(C)C1CCS(=O)(=O)C1. The zero-order valence-electron chi connectivity index (χ0n) is 10.3. The van der Waals surface area contributed by atoms with Crippen LogP contribution in [0.1, 0.15) is 12.8 Å². The third-order valence-electron chi connectivity index (χ3n) is 2.88. The van der Waals surface area contributed by atoms with Gasteiger partial charge in [-0.15, -0.1) is 0 Å². The van der Waals surface area contributed by atoms with Crippen molar-refractivity contribution in [1.82, 2.24) is 10.2 Å². The molecular weight excluding hydrogens is 244 g/mol. The first kappa shape index (κ1) is 14.2. The van der Waals surface area contributed by atoms with Gasteiger partial charge in [-0.1, -0.05) is 0 Å². The van der Waals surface area contributed by atoms with Crippen LogP contribution in [0, 0.1) is 0 Å². The van der Waals surface area contributed by atoms with Gasteiger partial charge in [0.25, 0.3) is 0 Å². The molecule has 1 rings (SSSR count). The van der Waals surface area contributed by atoms with Crippen molar-refractivity contribution in [1.29, 1.82) is 0 Å². The van der Waals surface area contributed by atoms with E-state index in [1.165, 1.54) is 4.90 Å². The lowest BCUT2D eigenvalue weighted by Crippen LogP contribution is -2.44. The molecule has 0 aromatic carbocycles. The predicted molar refractivity (Wildman–Crippen MR) is 64.7 cm³/mol. The molecule has 0 spiro atoms. The van der Waals surface area contributed by atoms with Gasteiger partial charge in [-0.25, -0.2) is 13.2 Å². The van der Waals surface area contributed by atoms with Crippen molar-refractivity contribution >= 4 is 15.9 Å². The van der Waals surface area contributed by atoms with Crippen LogP contribution in [0.3, 0.4) is 0 Å². The molecular formula is C10H20N2O4S. The van der Waals surface area contributed by atoms with Crippen LogP contribution in [0.2, 0.25) is 0 Å². The van der Waals surface area contributed by atoms with Gasteiger partial charge in [0, 0.05) is 33.4 Å². The van der Waals surface area contributed by atoms with Crippen molar-refractivity contribution in [3.05, 3.63) is 0 Å². The topological polar surface area (TPSA) is 75.7 Å². The summed E-state index contributed by atoms with van der Waals surface area (Å²) in [7, 11) is 0.300. The highest BCUT2D eigenvalue weighted by Gasteiger charge is 2.32. The van der Waals surface area contributed by atoms with E-state index in [0.29, 0.717) is 19.6 Å². The Morgan fingerprint density at radius 2 is 2.24 bits per heavy atom. The number of nitrogens with zero attached hydrogens (tertiary/aromatic N) is 1. The third-order valence-corrected chi connectivity index (χ3v) is 4.63. The second kappa shape index (κ2) is 6.20. The first-order valence-corrected chi connectivity index (χ1v) is 7.48. The van der Waals surface area contributed by atoms with Gasteiger partial charge < -0.3 is 15.0 Å². The van der Waals surface area contributed by atoms with Crippen molar-refractivity contribution < 1.29 is 17.9 Å². The van der Waals surface area contributed by atoms with Crippen molar-refractivity contribution in [3.63, 3.8) is 0 Å². The maximum atomic E-state index is 11.7. The van der Waals surface area contributed by atoms with E-state index in [9.17, 15) is 13.2 Å². The smallest absolute Gasteiger partial charge is 0.317 e. The van der Waals surface area contributed by atoms with Gasteiger partial charge in [-0.3, -0.25) is 0 Å². The van der Waals surface area contributed by atoms with Crippen molar-refractivity contribution in [2.24, 2.45) is 0 Å². The van der Waals surface area contributed by atoms with Gasteiger partial charge >= 0.3 is 6.03 Å². The van der Waals surface area contributed by atoms with Crippen LogP contribution in [0.5, 0.6) is 0 Å². The summed E-state index contributed by atoms with van der Waals surface area (Å²) in [5.41, 5.74) is 0. The fourth-order valence-corrected chi connectivity index (χ4v) is 3.56. The number of methoxy groups -OCH3 is 1. The first-order chi connectivity index (χ1) is 7.96. The van der Waals surface area contributed by atoms with E-state index in [-0.39, 0.29) is 23.6 Å². The molecule has 0 radical (unpaired) electrons. The quantitative estimate of drug-likeness (QED) is 0.701. The monoisotopic (exact) mass is 264 g/mol. The van der Waals surface area contributed by atoms with Crippen LogP contribution in [0.4, 0.5) is 4.79 Å². The van der Waals surface area contributed by atoms with Crippen LogP contribution < -0.4 is 5.32 Å². The number of hydrogen-bond acceptors (Lipinski definition) is 4. The molecule has 0 aliphatic carbocycles. The molecule has 1 aliphatic heterocycles. The van der Waals surface area contributed by atoms with Gasteiger partial charge in [-0.05, 0) is 12.8 Å². The molecule has 100 valence electrons. The fraction of sp³-hybridized carbons (Fsp3) is 0.900. The number of hydrogen-bond donors (Lipinski definition) is 1. The normalized spacial score (nSPS) is 22.4. The number of sulfone groups is 1. The zero-order chi connectivity index (χ0) is 12.9. The van der Waals surface area contributed by atoms with Crippen LogP contribution in [-0.2, 0) is 14.6 Å². The molecule has 1 unspecified atom stereocenters. The Morgan fingerprint density at radius 1 is 1.53 bits per heavy atom. The molecule has 1 fully saturated rings. The Bertz CT molecular complexity index is 355. The lowest BCUT2D eigenvalue weighted by molar-refractivity contribution is 0.183. The highest BCUT2D eigenvalue weighted by molar-refractivity contribution is 7.91. The Labute approximate surface area is 102 Å². The summed E-state index contributed by atoms with van der Waals surface area (Å²) in [6.45, 7) is 1.14. The summed E-state index contributed by atoms with van der Waals surface area (Å²) in [5.74, 6) is 0.258. The van der Waals surface area contributed by atoms with Crippen molar-refractivity contribution in [2.75, 3.05) is 38.8 Å². The maximum Gasteiger partial charge on any atom is 0.317 e. The van der Waals surface area contributed by atoms with Gasteiger partial charge in [0.05, 0.1) is 11.5 Å². The summed E-state index contributed by atoms with van der Waals surface area (Å²) >= 11 is 0. The molecule has 0 aromatic heterocycles. The summed E-state index contributed by atoms with van der Waals surface area (Å²) in [6.07, 6.45) is 1.28. The minimum Gasteiger partial charge on any atom is -0.385 e. The Balaban J connectivity index is 2.32. The molecule has 2 amide bonds. The minimum absolute atomic E-state index is 0.0784. The van der Waals surface area contributed by atoms with Crippen LogP contribution >= 0.6 is 0 Å². The molecule has 1 saturated heterocycles. The molecule has 0 saturated carbocycles. The van der Waals surface area contributed by atoms with Gasteiger partial charge in [-0.2, -0.15) is 0 Å². The highest BCUT2D eigenvalue weighted by Crippen LogP contribution is 2.16. The number of urea groups is 1. The van der Waals surface area contributed by atoms with E-state index >= 15 is 0 Å². The standard InChI is InChI=1S/C10H20N2O4S/c1-12(9-4-7-17(14,15)8-9)10(13)11-5-3-6-16-2/h9H,3-8H2,1-2H3,(H,11,13). The Morgan fingerprint density at radius 3 is 2.76 bits per heavy atom. The van der Waals surface area contributed by atoms with Gasteiger partial charge in [0.15, 0.2) is 9.84 Å². The predicted octanol–water partition coefficient (Wildman–Crippen LogP) is -0.149. The number of ether oxygens (including phenoxy) is 1. The number of carbonyl (C=O) groups is 1. The van der Waals surface area contributed by atoms with E-state index in [0.717, 1.165) is 6.42 Å². The van der Waals surface area contributed by atoms with Crippen molar-refractivity contribution in [2.45, 2.75) is 18.9 Å². The molecule has 1 heterocycles. The van der Waals surface area contributed by atoms with E-state index in [1.807, 2.05) is 0 Å². The molecule has 0 bridgehead atoms. The lowest BCUT2D eigenvalue weighted by atomic mass is 10.2. The molecule has 1 aliphatic rings. The second-order valence-electron chi connectivity index (χ2n) is 4.25. The lowest BCUT2D eigenvalue weighted by Gasteiger charge is -2.23. The molecule has 1 atom stereocenters. The summed E-state index contributed by atoms with van der Waals surface area (Å²) in [4.78, 5) is 13.2. The number of rotatable bonds is 5. The number of nitrogens with one attached hydrogen (secondary N) is 1.